The first kappa shape index (κ1) is 26.0. The Kier molecular flexibility index (Phi) is 7.53. The van der Waals surface area contributed by atoms with Crippen LogP contribution in [-0.2, 0) is 9.59 Å². The molecular weight excluding hydrogens is 520 g/mol. The van der Waals surface area contributed by atoms with Crippen LogP contribution in [0.4, 0.5) is 5.69 Å². The van der Waals surface area contributed by atoms with Crippen LogP contribution in [0.15, 0.2) is 76.8 Å². The highest BCUT2D eigenvalue weighted by Gasteiger charge is 2.39. The fourth-order valence-corrected chi connectivity index (χ4v) is 5.91. The Bertz CT molecular complexity index is 1430. The molecule has 2 aliphatic heterocycles. The molecule has 194 valence electrons. The van der Waals surface area contributed by atoms with E-state index in [1.807, 2.05) is 80.6 Å². The van der Waals surface area contributed by atoms with Gasteiger partial charge < -0.3 is 10.1 Å². The highest BCUT2D eigenvalue weighted by molar-refractivity contribution is 8.15. The summed E-state index contributed by atoms with van der Waals surface area (Å²) in [5.41, 5.74) is 5.63. The summed E-state index contributed by atoms with van der Waals surface area (Å²) >= 11 is 7.58. The molecule has 0 saturated heterocycles. The number of thioether (sulfide) groups is 1. The van der Waals surface area contributed by atoms with Crippen molar-refractivity contribution in [3.05, 3.63) is 94.0 Å². The smallest absolute Gasteiger partial charge is 0.262 e. The first-order valence-electron chi connectivity index (χ1n) is 12.2. The lowest BCUT2D eigenvalue weighted by atomic mass is 9.98. The van der Waals surface area contributed by atoms with E-state index in [1.165, 1.54) is 11.8 Å². The van der Waals surface area contributed by atoms with Crippen LogP contribution in [0.25, 0.3) is 0 Å². The van der Waals surface area contributed by atoms with E-state index in [1.54, 1.807) is 12.1 Å². The van der Waals surface area contributed by atoms with E-state index >= 15 is 0 Å². The van der Waals surface area contributed by atoms with Gasteiger partial charge in [0.1, 0.15) is 11.0 Å². The molecule has 0 aliphatic carbocycles. The molecule has 0 aromatic heterocycles. The van der Waals surface area contributed by atoms with E-state index in [0.29, 0.717) is 16.6 Å². The van der Waals surface area contributed by atoms with Gasteiger partial charge in [-0.05, 0) is 84.6 Å². The first-order chi connectivity index (χ1) is 18.3. The Hall–Kier alpha value is -3.62. The number of amidine groups is 1. The number of nitrogens with one attached hydrogen (secondary N) is 1. The molecule has 2 atom stereocenters. The summed E-state index contributed by atoms with van der Waals surface area (Å²) < 4.78 is 5.28. The molecule has 2 amide bonds. The number of amides is 2. The van der Waals surface area contributed by atoms with Gasteiger partial charge in [-0.1, -0.05) is 41.6 Å². The van der Waals surface area contributed by atoms with Crippen LogP contribution in [0.5, 0.6) is 5.75 Å². The molecular formula is C29H27ClN4O3S. The van der Waals surface area contributed by atoms with E-state index in [9.17, 15) is 9.59 Å². The van der Waals surface area contributed by atoms with Crippen molar-refractivity contribution in [1.29, 1.82) is 0 Å². The summed E-state index contributed by atoms with van der Waals surface area (Å²) in [7, 11) is 1.63. The highest BCUT2D eigenvalue weighted by atomic mass is 35.5. The van der Waals surface area contributed by atoms with Crippen molar-refractivity contribution in [2.75, 3.05) is 12.4 Å². The van der Waals surface area contributed by atoms with Crippen LogP contribution in [0.1, 0.15) is 41.1 Å². The second-order valence-corrected chi connectivity index (χ2v) is 11.0. The molecule has 2 unspecified atom stereocenters. The molecule has 0 spiro atoms. The maximum absolute atomic E-state index is 12.9. The third kappa shape index (κ3) is 5.76. The molecule has 5 rings (SSSR count). The average Bonchev–Trinajstić information content (AvgIpc) is 3.47. The average molecular weight is 547 g/mol. The van der Waals surface area contributed by atoms with Gasteiger partial charge in [0.15, 0.2) is 5.17 Å². The van der Waals surface area contributed by atoms with Crippen molar-refractivity contribution in [2.24, 2.45) is 10.1 Å². The van der Waals surface area contributed by atoms with E-state index in [0.717, 1.165) is 39.4 Å². The zero-order chi connectivity index (χ0) is 26.8. The van der Waals surface area contributed by atoms with Crippen LogP contribution in [0.3, 0.4) is 0 Å². The fourth-order valence-electron chi connectivity index (χ4n) is 4.65. The lowest BCUT2D eigenvalue weighted by molar-refractivity contribution is -0.121. The molecule has 0 saturated carbocycles. The quantitative estimate of drug-likeness (QED) is 0.401. The van der Waals surface area contributed by atoms with Crippen molar-refractivity contribution in [3.8, 4) is 5.75 Å². The number of hydrogen-bond acceptors (Lipinski definition) is 6. The van der Waals surface area contributed by atoms with Gasteiger partial charge in [-0.25, -0.2) is 5.01 Å². The topological polar surface area (TPSA) is 83.4 Å². The molecule has 3 aromatic carbocycles. The number of anilines is 1. The minimum atomic E-state index is -0.615. The summed E-state index contributed by atoms with van der Waals surface area (Å²) in [4.78, 5) is 30.0. The lowest BCUT2D eigenvalue weighted by Crippen LogP contribution is -2.25. The predicted molar refractivity (Wildman–Crippen MR) is 153 cm³/mol. The first-order valence-corrected chi connectivity index (χ1v) is 13.5. The minimum Gasteiger partial charge on any atom is -0.497 e. The van der Waals surface area contributed by atoms with Crippen molar-refractivity contribution < 1.29 is 14.3 Å². The summed E-state index contributed by atoms with van der Waals surface area (Å²) in [5, 5.41) is 10.1. The summed E-state index contributed by atoms with van der Waals surface area (Å²) in [6.45, 7) is 3.96. The van der Waals surface area contributed by atoms with Crippen molar-refractivity contribution in [2.45, 2.75) is 38.0 Å². The van der Waals surface area contributed by atoms with Gasteiger partial charge in [0.25, 0.3) is 5.91 Å². The minimum absolute atomic E-state index is 0.0220. The number of nitrogens with zero attached hydrogens (tertiary/aromatic N) is 3. The Balaban J connectivity index is 1.35. The second-order valence-electron chi connectivity index (χ2n) is 9.36. The Morgan fingerprint density at radius 2 is 1.84 bits per heavy atom. The number of benzene rings is 3. The van der Waals surface area contributed by atoms with E-state index in [4.69, 9.17) is 21.4 Å². The number of hydrazone groups is 1. The lowest BCUT2D eigenvalue weighted by Gasteiger charge is -2.23. The molecule has 1 N–H and O–H groups in total. The third-order valence-corrected chi connectivity index (χ3v) is 7.75. The monoisotopic (exact) mass is 546 g/mol. The van der Waals surface area contributed by atoms with Crippen LogP contribution in [0.2, 0.25) is 5.02 Å². The van der Waals surface area contributed by atoms with Gasteiger partial charge in [-0.2, -0.15) is 10.1 Å². The SMILES string of the molecule is COc1ccc(C2=NN(C3=NC(=O)C(CC(=O)Nc4cc(C)cc(C)c4)S3)C(c3cccc(Cl)c3)C2)cc1. The number of ether oxygens (including phenoxy) is 1. The zero-order valence-electron chi connectivity index (χ0n) is 21.3. The number of halogens is 1. The van der Waals surface area contributed by atoms with Gasteiger partial charge in [-0.3, -0.25) is 9.59 Å². The maximum Gasteiger partial charge on any atom is 0.262 e. The van der Waals surface area contributed by atoms with E-state index < -0.39 is 5.25 Å². The molecule has 2 aliphatic rings. The number of aliphatic imine (C=N–C) groups is 1. The zero-order valence-corrected chi connectivity index (χ0v) is 22.8. The molecule has 38 heavy (non-hydrogen) atoms. The third-order valence-electron chi connectivity index (χ3n) is 6.37. The number of hydrogen-bond donors (Lipinski definition) is 1. The van der Waals surface area contributed by atoms with E-state index in [-0.39, 0.29) is 24.3 Å². The summed E-state index contributed by atoms with van der Waals surface area (Å²) in [6, 6.07) is 21.0. The summed E-state index contributed by atoms with van der Waals surface area (Å²) in [6.07, 6.45) is 0.631. The normalized spacial score (nSPS) is 18.8. The van der Waals surface area contributed by atoms with Gasteiger partial charge in [-0.15, -0.1) is 0 Å². The van der Waals surface area contributed by atoms with Gasteiger partial charge in [0.2, 0.25) is 5.91 Å². The maximum atomic E-state index is 12.9. The molecule has 2 heterocycles. The molecule has 9 heteroatoms. The van der Waals surface area contributed by atoms with Crippen molar-refractivity contribution in [1.82, 2.24) is 5.01 Å². The number of aryl methyl sites for hydroxylation is 2. The second kappa shape index (κ2) is 11.0. The van der Waals surface area contributed by atoms with E-state index in [2.05, 4.69) is 10.3 Å². The molecule has 0 radical (unpaired) electrons. The van der Waals surface area contributed by atoms with Gasteiger partial charge in [0.05, 0.1) is 18.9 Å². The highest BCUT2D eigenvalue weighted by Crippen LogP contribution is 2.39. The number of methoxy groups -OCH3 is 1. The number of carbonyl (C=O) groups is 2. The van der Waals surface area contributed by atoms with Crippen LogP contribution < -0.4 is 10.1 Å². The summed E-state index contributed by atoms with van der Waals surface area (Å²) in [5.74, 6) is 0.199. The van der Waals surface area contributed by atoms with Crippen molar-refractivity contribution in [3.63, 3.8) is 0 Å². The van der Waals surface area contributed by atoms with Crippen LogP contribution in [0, 0.1) is 13.8 Å². The fraction of sp³-hybridized carbons (Fsp3) is 0.241. The standard InChI is InChI=1S/C29H27ClN4O3S/c1-17-11-18(2)13-22(12-17)31-27(35)16-26-28(36)32-29(38-26)34-25(20-5-4-6-21(30)14-20)15-24(33-34)19-7-9-23(37-3)10-8-19/h4-14,25-26H,15-16H2,1-3H3,(H,31,35). The van der Waals surface area contributed by atoms with Gasteiger partial charge in [0, 0.05) is 23.6 Å². The molecule has 3 aromatic rings. The molecule has 0 bridgehead atoms. The predicted octanol–water partition coefficient (Wildman–Crippen LogP) is 6.14. The molecule has 7 nitrogen and oxygen atoms in total. The Morgan fingerprint density at radius 1 is 1.11 bits per heavy atom. The number of rotatable bonds is 6. The number of carbonyl (C=O) groups excluding carboxylic acids is 2. The van der Waals surface area contributed by atoms with Crippen molar-refractivity contribution >= 4 is 51.7 Å². The van der Waals surface area contributed by atoms with Crippen LogP contribution >= 0.6 is 23.4 Å². The van der Waals surface area contributed by atoms with Crippen LogP contribution in [-0.4, -0.2) is 40.1 Å². The Labute approximate surface area is 230 Å². The Morgan fingerprint density at radius 3 is 2.53 bits per heavy atom. The largest absolute Gasteiger partial charge is 0.497 e. The molecule has 0 fully saturated rings. The van der Waals surface area contributed by atoms with Gasteiger partial charge >= 0.3 is 0 Å².